The van der Waals surface area contributed by atoms with Gasteiger partial charge in [-0.3, -0.25) is 14.4 Å². The maximum Gasteiger partial charge on any atom is 0.226 e. The lowest BCUT2D eigenvalue weighted by molar-refractivity contribution is -0.146. The first-order valence-corrected chi connectivity index (χ1v) is 18.7. The van der Waals surface area contributed by atoms with E-state index < -0.39 is 22.0 Å². The topological polar surface area (TPSA) is 114 Å². The third kappa shape index (κ3) is 6.58. The average Bonchev–Trinajstić information content (AvgIpc) is 2.81. The van der Waals surface area contributed by atoms with Gasteiger partial charge in [-0.15, -0.1) is 0 Å². The maximum atomic E-state index is 11.3. The predicted octanol–water partition coefficient (Wildman–Crippen LogP) is 3.50. The molecule has 192 valence electrons. The van der Waals surface area contributed by atoms with E-state index in [2.05, 4.69) is 31.4 Å². The molecule has 10 heteroatoms. The van der Waals surface area contributed by atoms with Crippen LogP contribution in [-0.4, -0.2) is 74.6 Å². The van der Waals surface area contributed by atoms with Gasteiger partial charge < -0.3 is 14.2 Å². The number of carbonyl (C=O) groups is 3. The van der Waals surface area contributed by atoms with Crippen molar-refractivity contribution in [3.63, 3.8) is 0 Å². The van der Waals surface area contributed by atoms with E-state index in [-0.39, 0.29) is 28.7 Å². The van der Waals surface area contributed by atoms with Crippen molar-refractivity contribution < 1.29 is 18.8 Å². The second-order valence-corrected chi connectivity index (χ2v) is 20.6. The molecule has 2 amide bonds. The Hall–Kier alpha value is -3.06. The van der Waals surface area contributed by atoms with Crippen molar-refractivity contribution in [2.24, 2.45) is 0 Å². The van der Waals surface area contributed by atoms with Gasteiger partial charge in [0.15, 0.2) is 27.8 Å². The average molecular weight is 525 g/mol. The van der Waals surface area contributed by atoms with Crippen molar-refractivity contribution in [1.82, 2.24) is 9.80 Å². The molecule has 8 nitrogen and oxygen atoms in total. The Labute approximate surface area is 216 Å². The Balaban J connectivity index is 0.000000218. The standard InChI is InChI=1S/C13H18N2O2Si.C9H9NO2.C4H9NSi/c1-15-11(16)9-12(15)5-7-13(10-14,8-6-12)17-18(2,3)4;1-10-8(12)6-9(10)4-2-7(11)3-5-9;1-6(2,3)4-5/h5-8H,9H2,1-4H3;2-5H,6H2,1H3;1-3H3. The van der Waals surface area contributed by atoms with Gasteiger partial charge in [0.2, 0.25) is 11.8 Å². The molecule has 0 N–H and O–H groups in total. The Morgan fingerprint density at radius 3 is 1.44 bits per heavy atom. The molecule has 0 unspecified atom stereocenters. The van der Waals surface area contributed by atoms with E-state index in [0.717, 1.165) is 0 Å². The van der Waals surface area contributed by atoms with Crippen LogP contribution in [0.3, 0.4) is 0 Å². The molecule has 0 bridgehead atoms. The summed E-state index contributed by atoms with van der Waals surface area (Å²) >= 11 is 0. The van der Waals surface area contributed by atoms with Crippen LogP contribution < -0.4 is 0 Å². The summed E-state index contributed by atoms with van der Waals surface area (Å²) in [5.41, 5.74) is 0.660. The monoisotopic (exact) mass is 524 g/mol. The molecular weight excluding hydrogens is 488 g/mol. The smallest absolute Gasteiger partial charge is 0.226 e. The number of likely N-dealkylation sites (N-methyl/N-ethyl adjacent to an activating group) is 2. The molecule has 4 rings (SSSR count). The van der Waals surface area contributed by atoms with E-state index in [1.807, 2.05) is 31.8 Å². The number of allylic oxidation sites excluding steroid dienone is 2. The molecule has 4 aliphatic rings. The van der Waals surface area contributed by atoms with Crippen molar-refractivity contribution in [3.05, 3.63) is 48.6 Å². The highest BCUT2D eigenvalue weighted by atomic mass is 28.4. The molecule has 0 atom stereocenters. The summed E-state index contributed by atoms with van der Waals surface area (Å²) in [5.74, 6) is 0.242. The van der Waals surface area contributed by atoms with Crippen LogP contribution in [0.2, 0.25) is 39.3 Å². The summed E-state index contributed by atoms with van der Waals surface area (Å²) in [6.45, 7) is 12.2. The number of hydrogen-bond acceptors (Lipinski definition) is 6. The zero-order chi connectivity index (χ0) is 27.6. The second kappa shape index (κ2) is 10.1. The molecule has 0 saturated carbocycles. The van der Waals surface area contributed by atoms with Crippen molar-refractivity contribution in [1.29, 1.82) is 10.5 Å². The SMILES string of the molecule is CN1C(=O)CC12C=CC(=O)C=C2.CN1C(=O)CC12C=CC(C#N)(O[Si](C)(C)C)C=C2.C[Si](C)(C)C#N. The summed E-state index contributed by atoms with van der Waals surface area (Å²) in [6, 6.07) is 2.22. The number of likely N-dealkylation sites (tertiary alicyclic amines) is 2. The van der Waals surface area contributed by atoms with Crippen molar-refractivity contribution in [2.45, 2.75) is 68.8 Å². The Bertz CT molecular complexity index is 1100. The van der Waals surface area contributed by atoms with Gasteiger partial charge in [-0.05, 0) is 43.9 Å². The summed E-state index contributed by atoms with van der Waals surface area (Å²) in [7, 11) is 0.385. The molecule has 2 saturated heterocycles. The van der Waals surface area contributed by atoms with E-state index in [9.17, 15) is 19.6 Å². The third-order valence-corrected chi connectivity index (χ3v) is 7.78. The van der Waals surface area contributed by atoms with E-state index in [1.165, 1.54) is 12.2 Å². The second-order valence-electron chi connectivity index (χ2n) is 11.5. The van der Waals surface area contributed by atoms with Crippen LogP contribution >= 0.6 is 0 Å². The van der Waals surface area contributed by atoms with Gasteiger partial charge in [-0.1, -0.05) is 43.9 Å². The van der Waals surface area contributed by atoms with Crippen LogP contribution in [0.1, 0.15) is 12.8 Å². The van der Waals surface area contributed by atoms with Gasteiger partial charge in [-0.2, -0.15) is 5.26 Å². The molecule has 2 fully saturated rings. The Morgan fingerprint density at radius 1 is 0.778 bits per heavy atom. The minimum atomic E-state index is -1.81. The number of ketones is 1. The lowest BCUT2D eigenvalue weighted by Crippen LogP contribution is -2.60. The first-order valence-electron chi connectivity index (χ1n) is 11.8. The molecule has 2 heterocycles. The number of rotatable bonds is 2. The lowest BCUT2D eigenvalue weighted by Gasteiger charge is -2.48. The lowest BCUT2D eigenvalue weighted by atomic mass is 9.78. The minimum absolute atomic E-state index is 0.00614. The number of nitrogens with zero attached hydrogens (tertiary/aromatic N) is 4. The number of amides is 2. The maximum absolute atomic E-state index is 11.3. The Morgan fingerprint density at radius 2 is 1.17 bits per heavy atom. The zero-order valence-corrected chi connectivity index (χ0v) is 24.5. The largest absolute Gasteiger partial charge is 0.394 e. The number of β-lactam (4-membered cyclic amide) rings is 2. The zero-order valence-electron chi connectivity index (χ0n) is 22.5. The van der Waals surface area contributed by atoms with Crippen LogP contribution in [0.4, 0.5) is 0 Å². The van der Waals surface area contributed by atoms with Crippen LogP contribution in [0.5, 0.6) is 0 Å². The summed E-state index contributed by atoms with van der Waals surface area (Å²) in [5, 5.41) is 17.6. The van der Waals surface area contributed by atoms with Crippen LogP contribution in [-0.2, 0) is 18.8 Å². The van der Waals surface area contributed by atoms with Gasteiger partial charge >= 0.3 is 0 Å². The van der Waals surface area contributed by atoms with Gasteiger partial charge in [0.05, 0.1) is 23.9 Å². The fourth-order valence-electron chi connectivity index (χ4n) is 3.81. The van der Waals surface area contributed by atoms with Crippen LogP contribution in [0.25, 0.3) is 0 Å². The number of nitriles is 2. The fourth-order valence-corrected chi connectivity index (χ4v) is 5.00. The van der Waals surface area contributed by atoms with E-state index in [4.69, 9.17) is 9.69 Å². The van der Waals surface area contributed by atoms with Crippen molar-refractivity contribution >= 4 is 34.0 Å². The molecule has 2 aliphatic carbocycles. The normalized spacial score (nSPS) is 27.3. The highest BCUT2D eigenvalue weighted by Crippen LogP contribution is 2.38. The molecule has 0 aromatic heterocycles. The summed E-state index contributed by atoms with van der Waals surface area (Å²) in [4.78, 5) is 36.4. The number of hydrogen-bond donors (Lipinski definition) is 0. The molecule has 0 radical (unpaired) electrons. The highest BCUT2D eigenvalue weighted by Gasteiger charge is 2.48. The third-order valence-electron chi connectivity index (χ3n) is 6.16. The van der Waals surface area contributed by atoms with E-state index in [1.54, 1.807) is 48.2 Å². The first-order chi connectivity index (χ1) is 16.4. The fraction of sp³-hybridized carbons (Fsp3) is 0.500. The molecule has 0 aromatic rings. The van der Waals surface area contributed by atoms with Crippen molar-refractivity contribution in [3.8, 4) is 11.8 Å². The summed E-state index contributed by atoms with van der Waals surface area (Å²) < 4.78 is 5.94. The van der Waals surface area contributed by atoms with Gasteiger partial charge in [0, 0.05) is 19.8 Å². The summed E-state index contributed by atoms with van der Waals surface area (Å²) in [6.07, 6.45) is 15.0. The molecule has 2 aliphatic heterocycles. The van der Waals surface area contributed by atoms with Gasteiger partial charge in [-0.25, -0.2) is 5.26 Å². The van der Waals surface area contributed by atoms with Crippen LogP contribution in [0, 0.1) is 22.3 Å². The number of carbonyl (C=O) groups excluding carboxylic acids is 3. The van der Waals surface area contributed by atoms with E-state index >= 15 is 0 Å². The van der Waals surface area contributed by atoms with Crippen molar-refractivity contribution in [2.75, 3.05) is 14.1 Å². The molecular formula is C26H36N4O4Si2. The predicted molar refractivity (Wildman–Crippen MR) is 144 cm³/mol. The van der Waals surface area contributed by atoms with Gasteiger partial charge in [0.1, 0.15) is 6.07 Å². The molecule has 0 aromatic carbocycles. The van der Waals surface area contributed by atoms with Gasteiger partial charge in [0.25, 0.3) is 0 Å². The molecule has 2 spiro atoms. The quantitative estimate of drug-likeness (QED) is 0.310. The first kappa shape index (κ1) is 29.2. The highest BCUT2D eigenvalue weighted by molar-refractivity contribution is 6.83. The van der Waals surface area contributed by atoms with E-state index in [0.29, 0.717) is 12.8 Å². The van der Waals surface area contributed by atoms with Crippen LogP contribution in [0.15, 0.2) is 48.6 Å². The Kier molecular flexibility index (Phi) is 8.21. The molecule has 36 heavy (non-hydrogen) atoms. The minimum Gasteiger partial charge on any atom is -0.394 e.